The molecule has 0 atom stereocenters. The van der Waals surface area contributed by atoms with Crippen LogP contribution >= 0.6 is 0 Å². The Morgan fingerprint density at radius 3 is 1.67 bits per heavy atom. The summed E-state index contributed by atoms with van der Waals surface area (Å²) < 4.78 is 108. The van der Waals surface area contributed by atoms with Crippen LogP contribution in [0, 0.1) is 0 Å². The van der Waals surface area contributed by atoms with E-state index in [9.17, 15) is 48.8 Å². The monoisotopic (exact) mass is 634 g/mol. The standard InChI is InChI=1S/C25H18N2O12S3/c28-14-3-1-13(2-4-14)11-26-27-23(29)12-39-19-9-20(40(30,31)32)16-7-8-18-22(42(36,37)38)10-21(41(33,34)35)17-6-5-15(19)24(16)25(17)18/h1-11,28H,12H2,(H,27,29)(H,30,31,32)(H,33,34,35)(H,36,37,38)/b26-11-. The SMILES string of the molecule is O=C(COc1cc(S(=O)(=O)O)c2ccc3c(S(=O)(=O)O)cc(S(=O)(=O)O)c4ccc1c2c43)N/N=C\c1ccc(O)cc1. The Hall–Kier alpha value is -4.39. The molecule has 0 spiro atoms. The number of carbonyl (C=O) groups is 1. The molecule has 5 rings (SSSR count). The smallest absolute Gasteiger partial charge is 0.295 e. The van der Waals surface area contributed by atoms with Crippen LogP contribution in [0.4, 0.5) is 0 Å². The van der Waals surface area contributed by atoms with Crippen molar-refractivity contribution in [1.29, 1.82) is 0 Å². The maximum absolute atomic E-state index is 12.4. The van der Waals surface area contributed by atoms with Crippen molar-refractivity contribution >= 4 is 74.8 Å². The fourth-order valence-corrected chi connectivity index (χ4v) is 6.75. The van der Waals surface area contributed by atoms with Gasteiger partial charge in [-0.25, -0.2) is 5.43 Å². The average molecular weight is 635 g/mol. The highest BCUT2D eigenvalue weighted by Crippen LogP contribution is 2.45. The molecule has 5 N–H and O–H groups in total. The van der Waals surface area contributed by atoms with E-state index < -0.39 is 57.6 Å². The molecule has 0 bridgehead atoms. The number of ether oxygens (including phenoxy) is 1. The summed E-state index contributed by atoms with van der Waals surface area (Å²) >= 11 is 0. The normalized spacial score (nSPS) is 12.9. The second-order valence-electron chi connectivity index (χ2n) is 8.92. The molecule has 14 nitrogen and oxygen atoms in total. The molecule has 0 aliphatic carbocycles. The molecular weight excluding hydrogens is 616 g/mol. The number of carbonyl (C=O) groups excluding carboxylic acids is 1. The topological polar surface area (TPSA) is 234 Å². The van der Waals surface area contributed by atoms with E-state index in [0.717, 1.165) is 18.2 Å². The summed E-state index contributed by atoms with van der Waals surface area (Å²) in [6.45, 7) is -0.714. The first-order chi connectivity index (χ1) is 19.6. The molecule has 218 valence electrons. The van der Waals surface area contributed by atoms with Gasteiger partial charge in [0.1, 0.15) is 26.2 Å². The van der Waals surface area contributed by atoms with Crippen LogP contribution in [0.3, 0.4) is 0 Å². The van der Waals surface area contributed by atoms with E-state index in [1.165, 1.54) is 42.6 Å². The first-order valence-electron chi connectivity index (χ1n) is 11.5. The Balaban J connectivity index is 1.67. The third kappa shape index (κ3) is 5.43. The van der Waals surface area contributed by atoms with E-state index in [1.807, 2.05) is 0 Å². The fraction of sp³-hybridized carbons (Fsp3) is 0.0400. The van der Waals surface area contributed by atoms with E-state index in [1.54, 1.807) is 0 Å². The third-order valence-corrected chi connectivity index (χ3v) is 8.92. The zero-order valence-corrected chi connectivity index (χ0v) is 23.2. The number of nitrogens with zero attached hydrogens (tertiary/aromatic N) is 1. The van der Waals surface area contributed by atoms with Crippen molar-refractivity contribution < 1.29 is 53.5 Å². The second-order valence-corrected chi connectivity index (χ2v) is 13.1. The van der Waals surface area contributed by atoms with Gasteiger partial charge in [-0.05, 0) is 42.0 Å². The van der Waals surface area contributed by atoms with Crippen molar-refractivity contribution in [2.75, 3.05) is 6.61 Å². The quantitative estimate of drug-likeness (QED) is 0.0717. The van der Waals surface area contributed by atoms with E-state index in [2.05, 4.69) is 10.5 Å². The van der Waals surface area contributed by atoms with Crippen LogP contribution in [0.5, 0.6) is 11.5 Å². The number of phenols is 1. The zero-order chi connectivity index (χ0) is 30.6. The van der Waals surface area contributed by atoms with Gasteiger partial charge in [0.2, 0.25) is 0 Å². The molecule has 0 saturated carbocycles. The first-order valence-corrected chi connectivity index (χ1v) is 15.8. The lowest BCUT2D eigenvalue weighted by Gasteiger charge is -2.18. The summed E-state index contributed by atoms with van der Waals surface area (Å²) in [5, 5.41) is 12.2. The van der Waals surface area contributed by atoms with Crippen molar-refractivity contribution in [3.63, 3.8) is 0 Å². The van der Waals surface area contributed by atoms with Crippen LogP contribution < -0.4 is 10.2 Å². The van der Waals surface area contributed by atoms with Crippen molar-refractivity contribution in [1.82, 2.24) is 5.43 Å². The van der Waals surface area contributed by atoms with Crippen molar-refractivity contribution in [3.8, 4) is 11.5 Å². The molecule has 0 unspecified atom stereocenters. The summed E-state index contributed by atoms with van der Waals surface area (Å²) in [5.41, 5.74) is 2.74. The summed E-state index contributed by atoms with van der Waals surface area (Å²) in [4.78, 5) is 9.89. The van der Waals surface area contributed by atoms with Crippen molar-refractivity contribution in [3.05, 3.63) is 66.2 Å². The highest BCUT2D eigenvalue weighted by molar-refractivity contribution is 7.87. The molecule has 1 amide bonds. The fourth-order valence-electron chi connectivity index (χ4n) is 4.54. The van der Waals surface area contributed by atoms with Gasteiger partial charge in [-0.1, -0.05) is 18.2 Å². The van der Waals surface area contributed by atoms with Gasteiger partial charge >= 0.3 is 0 Å². The Morgan fingerprint density at radius 2 is 1.17 bits per heavy atom. The average Bonchev–Trinajstić information content (AvgIpc) is 2.89. The molecule has 0 aliphatic heterocycles. The molecule has 0 heterocycles. The molecule has 5 aromatic rings. The van der Waals surface area contributed by atoms with Crippen LogP contribution in [-0.4, -0.2) is 62.7 Å². The van der Waals surface area contributed by atoms with Gasteiger partial charge in [-0.15, -0.1) is 0 Å². The Labute approximate surface area is 237 Å². The van der Waals surface area contributed by atoms with Crippen LogP contribution in [0.1, 0.15) is 5.56 Å². The minimum absolute atomic E-state index is 0.0329. The Bertz CT molecular complexity index is 2210. The largest absolute Gasteiger partial charge is 0.508 e. The maximum atomic E-state index is 12.4. The summed E-state index contributed by atoms with van der Waals surface area (Å²) in [6.07, 6.45) is 1.28. The summed E-state index contributed by atoms with van der Waals surface area (Å²) in [6, 6.07) is 12.1. The van der Waals surface area contributed by atoms with E-state index in [0.29, 0.717) is 11.6 Å². The van der Waals surface area contributed by atoms with Crippen LogP contribution in [0.15, 0.2) is 80.5 Å². The van der Waals surface area contributed by atoms with Gasteiger partial charge in [0.05, 0.1) is 6.21 Å². The number of nitrogens with one attached hydrogen (secondary N) is 1. The van der Waals surface area contributed by atoms with E-state index in [-0.39, 0.29) is 43.8 Å². The highest BCUT2D eigenvalue weighted by atomic mass is 32.2. The molecular formula is C25H18N2O12S3. The highest BCUT2D eigenvalue weighted by Gasteiger charge is 2.28. The number of hydrazone groups is 1. The molecule has 0 saturated heterocycles. The number of phenolic OH excluding ortho intramolecular Hbond substituents is 1. The lowest BCUT2D eigenvalue weighted by atomic mass is 9.93. The van der Waals surface area contributed by atoms with E-state index in [4.69, 9.17) is 4.74 Å². The Kier molecular flexibility index (Phi) is 7.04. The molecule has 0 radical (unpaired) electrons. The minimum Gasteiger partial charge on any atom is -0.508 e. The summed E-state index contributed by atoms with van der Waals surface area (Å²) in [7, 11) is -15.1. The predicted octanol–water partition coefficient (Wildman–Crippen LogP) is 2.56. The summed E-state index contributed by atoms with van der Waals surface area (Å²) in [5.74, 6) is -1.02. The first kappa shape index (κ1) is 29.1. The second kappa shape index (κ2) is 10.2. The number of rotatable bonds is 8. The Morgan fingerprint density at radius 1 is 0.714 bits per heavy atom. The number of hydrogen-bond donors (Lipinski definition) is 5. The maximum Gasteiger partial charge on any atom is 0.295 e. The number of benzene rings is 5. The van der Waals surface area contributed by atoms with Crippen molar-refractivity contribution in [2.45, 2.75) is 14.7 Å². The molecule has 0 aromatic heterocycles. The number of hydrogen-bond acceptors (Lipinski definition) is 10. The molecule has 5 aromatic carbocycles. The van der Waals surface area contributed by atoms with Crippen LogP contribution in [0.2, 0.25) is 0 Å². The molecule has 0 fully saturated rings. The van der Waals surface area contributed by atoms with Gasteiger partial charge in [0.15, 0.2) is 6.61 Å². The molecule has 42 heavy (non-hydrogen) atoms. The van der Waals surface area contributed by atoms with Gasteiger partial charge < -0.3 is 9.84 Å². The number of aromatic hydroxyl groups is 1. The van der Waals surface area contributed by atoms with Crippen LogP contribution in [-0.2, 0) is 35.1 Å². The van der Waals surface area contributed by atoms with E-state index >= 15 is 0 Å². The minimum atomic E-state index is -5.06. The zero-order valence-electron chi connectivity index (χ0n) is 20.8. The van der Waals surface area contributed by atoms with Gasteiger partial charge in [-0.3, -0.25) is 18.5 Å². The lowest BCUT2D eigenvalue weighted by Crippen LogP contribution is -2.24. The third-order valence-electron chi connectivity index (χ3n) is 6.24. The van der Waals surface area contributed by atoms with Crippen LogP contribution in [0.25, 0.3) is 32.3 Å². The molecule has 0 aliphatic rings. The van der Waals surface area contributed by atoms with Crippen molar-refractivity contribution in [2.24, 2.45) is 5.10 Å². The molecule has 17 heteroatoms. The lowest BCUT2D eigenvalue weighted by molar-refractivity contribution is -0.123. The number of amides is 1. The van der Waals surface area contributed by atoms with Gasteiger partial charge in [0.25, 0.3) is 36.3 Å². The van der Waals surface area contributed by atoms with Gasteiger partial charge in [0, 0.05) is 38.4 Å². The van der Waals surface area contributed by atoms with Gasteiger partial charge in [-0.2, -0.15) is 30.4 Å². The predicted molar refractivity (Wildman–Crippen MR) is 149 cm³/mol.